The van der Waals surface area contributed by atoms with Crippen LogP contribution in [0.5, 0.6) is 0 Å². The average molecular weight is 531 g/mol. The minimum absolute atomic E-state index is 0.0777. The molecule has 1 spiro atoms. The second-order valence-electron chi connectivity index (χ2n) is 11.0. The summed E-state index contributed by atoms with van der Waals surface area (Å²) in [5, 5.41) is 9.19. The van der Waals surface area contributed by atoms with Gasteiger partial charge in [0.25, 0.3) is 0 Å². The molecule has 0 atom stereocenters. The Morgan fingerprint density at radius 3 is 2.65 bits per heavy atom. The fraction of sp³-hybridized carbons (Fsp3) is 0.519. The van der Waals surface area contributed by atoms with Crippen LogP contribution in [0.15, 0.2) is 46.7 Å². The lowest BCUT2D eigenvalue weighted by Crippen LogP contribution is -2.65. The van der Waals surface area contributed by atoms with Crippen LogP contribution in [0.4, 0.5) is 24.7 Å². The van der Waals surface area contributed by atoms with Gasteiger partial charge in [0.15, 0.2) is 0 Å². The molecule has 6 rings (SSSR count). The van der Waals surface area contributed by atoms with E-state index in [9.17, 15) is 13.2 Å². The molecule has 2 aliphatic heterocycles. The Labute approximate surface area is 219 Å². The highest BCUT2D eigenvalue weighted by Crippen LogP contribution is 2.54. The van der Waals surface area contributed by atoms with Crippen molar-refractivity contribution in [2.45, 2.75) is 50.9 Å². The maximum Gasteiger partial charge on any atom is 0.393 e. The van der Waals surface area contributed by atoms with Crippen LogP contribution in [0, 0.1) is 11.3 Å². The molecule has 0 N–H and O–H groups in total. The third kappa shape index (κ3) is 4.95. The Bertz CT molecular complexity index is 1210. The third-order valence-electron chi connectivity index (χ3n) is 8.16. The van der Waals surface area contributed by atoms with Crippen LogP contribution in [0.3, 0.4) is 0 Å². The number of amidine groups is 1. The van der Waals surface area contributed by atoms with Crippen LogP contribution in [0.2, 0.25) is 5.02 Å². The summed E-state index contributed by atoms with van der Waals surface area (Å²) in [5.74, 6) is 1.60. The summed E-state index contributed by atoms with van der Waals surface area (Å²) in [6.07, 6.45) is 0.684. The number of pyridine rings is 1. The standard InChI is InChI=1S/C27H30ClF3N6/c1-32-34-25(37-10-9-35(22-5-6-22)15-19-11-21(28)4-7-23(19)37)20-12-26(13-20)16-36(17-26)24-18(3-2-8-33-24)14-27(29,30)31/h2-4,7-8,11,20,22H,1,5-6,9-10,12-17H2/b34-25-. The number of fused-ring (bicyclic) bond motifs is 1. The number of halogens is 4. The quantitative estimate of drug-likeness (QED) is 0.289. The molecule has 2 saturated carbocycles. The largest absolute Gasteiger partial charge is 0.393 e. The molecule has 2 aromatic rings. The van der Waals surface area contributed by atoms with Crippen molar-refractivity contribution in [2.24, 2.45) is 21.5 Å². The second kappa shape index (κ2) is 9.27. The zero-order valence-electron chi connectivity index (χ0n) is 20.6. The van der Waals surface area contributed by atoms with E-state index in [0.29, 0.717) is 24.9 Å². The third-order valence-corrected chi connectivity index (χ3v) is 8.40. The Kier molecular flexibility index (Phi) is 6.18. The zero-order chi connectivity index (χ0) is 25.8. The topological polar surface area (TPSA) is 47.3 Å². The number of alkyl halides is 3. The van der Waals surface area contributed by atoms with Crippen LogP contribution < -0.4 is 9.80 Å². The molecule has 1 saturated heterocycles. The molecule has 0 radical (unpaired) electrons. The van der Waals surface area contributed by atoms with Crippen molar-refractivity contribution < 1.29 is 13.2 Å². The normalized spacial score (nSPS) is 22.3. The maximum atomic E-state index is 13.1. The molecule has 0 bridgehead atoms. The highest BCUT2D eigenvalue weighted by atomic mass is 35.5. The van der Waals surface area contributed by atoms with Crippen molar-refractivity contribution in [3.05, 3.63) is 52.7 Å². The van der Waals surface area contributed by atoms with Crippen molar-refractivity contribution in [3.8, 4) is 0 Å². The predicted octanol–water partition coefficient (Wildman–Crippen LogP) is 5.55. The molecule has 196 valence electrons. The first-order valence-corrected chi connectivity index (χ1v) is 13.2. The second-order valence-corrected chi connectivity index (χ2v) is 11.4. The maximum absolute atomic E-state index is 13.1. The summed E-state index contributed by atoms with van der Waals surface area (Å²) in [7, 11) is 0. The number of rotatable bonds is 5. The fourth-order valence-corrected chi connectivity index (χ4v) is 6.61. The monoisotopic (exact) mass is 530 g/mol. The van der Waals surface area contributed by atoms with Gasteiger partial charge in [-0.15, -0.1) is 5.10 Å². The van der Waals surface area contributed by atoms with E-state index >= 15 is 0 Å². The molecule has 1 aromatic carbocycles. The summed E-state index contributed by atoms with van der Waals surface area (Å²) >= 11 is 6.37. The van der Waals surface area contributed by atoms with Crippen molar-refractivity contribution in [1.29, 1.82) is 0 Å². The van der Waals surface area contributed by atoms with Gasteiger partial charge in [-0.1, -0.05) is 17.7 Å². The summed E-state index contributed by atoms with van der Waals surface area (Å²) in [6.45, 7) is 7.70. The van der Waals surface area contributed by atoms with E-state index in [4.69, 9.17) is 11.6 Å². The molecule has 4 aliphatic rings. The predicted molar refractivity (Wildman–Crippen MR) is 141 cm³/mol. The van der Waals surface area contributed by atoms with E-state index in [-0.39, 0.29) is 16.9 Å². The van der Waals surface area contributed by atoms with E-state index < -0.39 is 12.6 Å². The van der Waals surface area contributed by atoms with Gasteiger partial charge >= 0.3 is 6.18 Å². The minimum Gasteiger partial charge on any atom is -0.355 e. The number of hydrogen-bond acceptors (Lipinski definition) is 5. The van der Waals surface area contributed by atoms with Crippen LogP contribution >= 0.6 is 11.6 Å². The Balaban J connectivity index is 1.17. The number of nitrogens with zero attached hydrogens (tertiary/aromatic N) is 6. The van der Waals surface area contributed by atoms with Gasteiger partial charge in [0, 0.05) is 79.3 Å². The Hall–Kier alpha value is -2.65. The molecule has 10 heteroatoms. The average Bonchev–Trinajstić information content (AvgIpc) is 3.63. The van der Waals surface area contributed by atoms with Crippen LogP contribution in [0.25, 0.3) is 0 Å². The van der Waals surface area contributed by atoms with Gasteiger partial charge in [-0.25, -0.2) is 4.98 Å². The van der Waals surface area contributed by atoms with Gasteiger partial charge in [-0.05, 0) is 55.5 Å². The smallest absolute Gasteiger partial charge is 0.355 e. The Morgan fingerprint density at radius 1 is 1.16 bits per heavy atom. The van der Waals surface area contributed by atoms with Gasteiger partial charge < -0.3 is 9.80 Å². The van der Waals surface area contributed by atoms with E-state index in [2.05, 4.69) is 43.8 Å². The molecule has 0 amide bonds. The van der Waals surface area contributed by atoms with E-state index in [1.807, 2.05) is 11.0 Å². The molecule has 3 heterocycles. The first-order chi connectivity index (χ1) is 17.7. The first-order valence-electron chi connectivity index (χ1n) is 12.8. The summed E-state index contributed by atoms with van der Waals surface area (Å²) < 4.78 is 39.2. The van der Waals surface area contributed by atoms with E-state index in [0.717, 1.165) is 49.0 Å². The van der Waals surface area contributed by atoms with Gasteiger partial charge in [-0.3, -0.25) is 4.90 Å². The number of aromatic nitrogens is 1. The number of anilines is 2. The highest BCUT2D eigenvalue weighted by molar-refractivity contribution is 6.30. The minimum atomic E-state index is -4.26. The molecule has 2 aliphatic carbocycles. The summed E-state index contributed by atoms with van der Waals surface area (Å²) in [4.78, 5) is 11.1. The number of hydrogen-bond donors (Lipinski definition) is 0. The number of benzene rings is 1. The summed E-state index contributed by atoms with van der Waals surface area (Å²) in [6, 6.07) is 9.80. The Morgan fingerprint density at radius 2 is 1.95 bits per heavy atom. The van der Waals surface area contributed by atoms with Crippen molar-refractivity contribution in [3.63, 3.8) is 0 Å². The molecule has 0 unspecified atom stereocenters. The highest BCUT2D eigenvalue weighted by Gasteiger charge is 2.55. The van der Waals surface area contributed by atoms with Gasteiger partial charge in [0.1, 0.15) is 11.7 Å². The van der Waals surface area contributed by atoms with Crippen molar-refractivity contribution in [2.75, 3.05) is 36.0 Å². The van der Waals surface area contributed by atoms with Crippen molar-refractivity contribution in [1.82, 2.24) is 9.88 Å². The summed E-state index contributed by atoms with van der Waals surface area (Å²) in [5.41, 5.74) is 2.63. The van der Waals surface area contributed by atoms with Crippen LogP contribution in [0.1, 0.15) is 36.8 Å². The lowest BCUT2D eigenvalue weighted by atomic mass is 9.57. The van der Waals surface area contributed by atoms with Gasteiger partial charge in [0.2, 0.25) is 0 Å². The zero-order valence-corrected chi connectivity index (χ0v) is 21.3. The van der Waals surface area contributed by atoms with E-state index in [1.54, 1.807) is 12.3 Å². The lowest BCUT2D eigenvalue weighted by molar-refractivity contribution is -0.127. The van der Waals surface area contributed by atoms with E-state index in [1.165, 1.54) is 24.5 Å². The van der Waals surface area contributed by atoms with Gasteiger partial charge in [0.05, 0.1) is 6.42 Å². The molecule has 6 nitrogen and oxygen atoms in total. The van der Waals surface area contributed by atoms with Crippen LogP contribution in [-0.4, -0.2) is 60.8 Å². The molecule has 3 fully saturated rings. The molecule has 37 heavy (non-hydrogen) atoms. The molecular formula is C27H30ClF3N6. The fourth-order valence-electron chi connectivity index (χ4n) is 6.42. The first kappa shape index (κ1) is 24.7. The van der Waals surface area contributed by atoms with Crippen molar-refractivity contribution >= 4 is 35.7 Å². The molecule has 1 aromatic heterocycles. The molecular weight excluding hydrogens is 501 g/mol. The van der Waals surface area contributed by atoms with Gasteiger partial charge in [-0.2, -0.15) is 18.3 Å². The lowest BCUT2D eigenvalue weighted by Gasteiger charge is -2.60. The SMILES string of the molecule is C=N/N=C(/C1CC2(C1)CN(c1ncccc1CC(F)(F)F)C2)N1CCN(C2CC2)Cc2cc(Cl)ccc21. The van der Waals surface area contributed by atoms with Crippen LogP contribution in [-0.2, 0) is 13.0 Å².